The minimum absolute atomic E-state index is 0.472. The number of hydrogen-bond donors (Lipinski definition) is 0. The molecule has 0 saturated carbocycles. The maximum absolute atomic E-state index is 5.29. The van der Waals surface area contributed by atoms with E-state index in [9.17, 15) is 0 Å². The van der Waals surface area contributed by atoms with Gasteiger partial charge in [-0.25, -0.2) is 9.97 Å². The van der Waals surface area contributed by atoms with Crippen molar-refractivity contribution in [2.75, 3.05) is 0 Å². The Bertz CT molecular complexity index is 2810. The van der Waals surface area contributed by atoms with Crippen LogP contribution in [0.4, 0.5) is 0 Å². The highest BCUT2D eigenvalue weighted by atomic mass is 32.2. The maximum Gasteiger partial charge on any atom is 0.160 e. The van der Waals surface area contributed by atoms with E-state index in [0.717, 1.165) is 28.1 Å². The molecule has 0 unspecified atom stereocenters. The van der Waals surface area contributed by atoms with Gasteiger partial charge in [-0.3, -0.25) is 0 Å². The summed E-state index contributed by atoms with van der Waals surface area (Å²) in [6, 6.07) is 63.8. The molecule has 4 heteroatoms. The molecule has 248 valence electrons. The zero-order valence-corrected chi connectivity index (χ0v) is 30.2. The lowest BCUT2D eigenvalue weighted by atomic mass is 9.67. The Labute approximate surface area is 316 Å². The molecule has 2 aromatic heterocycles. The van der Waals surface area contributed by atoms with Crippen LogP contribution in [0.3, 0.4) is 0 Å². The van der Waals surface area contributed by atoms with E-state index >= 15 is 0 Å². The van der Waals surface area contributed by atoms with E-state index in [1.165, 1.54) is 64.4 Å². The molecule has 0 radical (unpaired) electrons. The van der Waals surface area contributed by atoms with Crippen LogP contribution in [0, 0.1) is 0 Å². The van der Waals surface area contributed by atoms with Crippen molar-refractivity contribution in [2.24, 2.45) is 0 Å². The van der Waals surface area contributed by atoms with Crippen LogP contribution < -0.4 is 0 Å². The van der Waals surface area contributed by atoms with Gasteiger partial charge in [0.25, 0.3) is 0 Å². The van der Waals surface area contributed by atoms with Gasteiger partial charge in [-0.1, -0.05) is 151 Å². The fourth-order valence-electron chi connectivity index (χ4n) is 8.52. The SMILES string of the molecule is c1ccc(-c2ccc(-c3cc(-c4ccc5c(c4)C4(c6ccccc6Sc6ccccc64)c4ccc6sccc6c4-5)nc(-c4ccccc4)n3)cc2)cc1. The highest BCUT2D eigenvalue weighted by Crippen LogP contribution is 2.63. The monoisotopic (exact) mass is 710 g/mol. The maximum atomic E-state index is 5.29. The van der Waals surface area contributed by atoms with Gasteiger partial charge < -0.3 is 0 Å². The zero-order chi connectivity index (χ0) is 34.9. The van der Waals surface area contributed by atoms with E-state index in [1.807, 2.05) is 29.2 Å². The first-order chi connectivity index (χ1) is 26.3. The molecule has 2 aliphatic rings. The van der Waals surface area contributed by atoms with Gasteiger partial charge in [0.05, 0.1) is 16.8 Å². The first kappa shape index (κ1) is 30.5. The third kappa shape index (κ3) is 4.66. The molecule has 11 rings (SSSR count). The Balaban J connectivity index is 1.16. The fourth-order valence-corrected chi connectivity index (χ4v) is 10.5. The summed E-state index contributed by atoms with van der Waals surface area (Å²) in [5, 5.41) is 3.55. The van der Waals surface area contributed by atoms with Crippen LogP contribution in [0.1, 0.15) is 22.3 Å². The Hall–Kier alpha value is -6.07. The van der Waals surface area contributed by atoms with E-state index < -0.39 is 5.41 Å². The predicted octanol–water partition coefficient (Wildman–Crippen LogP) is 13.2. The summed E-state index contributed by atoms with van der Waals surface area (Å²) >= 11 is 3.69. The molecule has 1 spiro atoms. The molecule has 1 aliphatic heterocycles. The Morgan fingerprint density at radius 3 is 1.72 bits per heavy atom. The molecule has 9 aromatic rings. The van der Waals surface area contributed by atoms with Gasteiger partial charge in [0, 0.05) is 36.6 Å². The summed E-state index contributed by atoms with van der Waals surface area (Å²) in [6.45, 7) is 0. The van der Waals surface area contributed by atoms with Gasteiger partial charge in [-0.2, -0.15) is 0 Å². The number of fused-ring (bicyclic) bond motifs is 11. The quantitative estimate of drug-likeness (QED) is 0.182. The van der Waals surface area contributed by atoms with Crippen molar-refractivity contribution in [3.05, 3.63) is 204 Å². The number of benzene rings is 7. The third-order valence-corrected chi connectivity index (χ3v) is 12.9. The first-order valence-corrected chi connectivity index (χ1v) is 19.6. The molecule has 7 aromatic carbocycles. The predicted molar refractivity (Wildman–Crippen MR) is 221 cm³/mol. The van der Waals surface area contributed by atoms with E-state index in [0.29, 0.717) is 5.82 Å². The second kappa shape index (κ2) is 12.0. The lowest BCUT2D eigenvalue weighted by Crippen LogP contribution is -2.32. The van der Waals surface area contributed by atoms with Crippen LogP contribution in [0.25, 0.3) is 66.2 Å². The number of hydrogen-bond acceptors (Lipinski definition) is 4. The summed E-state index contributed by atoms with van der Waals surface area (Å²) in [7, 11) is 0. The normalized spacial score (nSPS) is 13.4. The van der Waals surface area contributed by atoms with Gasteiger partial charge in [0.15, 0.2) is 5.82 Å². The molecular weight excluding hydrogens is 681 g/mol. The molecular formula is C49H30N2S2. The van der Waals surface area contributed by atoms with Crippen LogP contribution in [0.2, 0.25) is 0 Å². The molecule has 1 aliphatic carbocycles. The van der Waals surface area contributed by atoms with Crippen LogP contribution in [-0.4, -0.2) is 9.97 Å². The molecule has 53 heavy (non-hydrogen) atoms. The second-order valence-electron chi connectivity index (χ2n) is 13.7. The third-order valence-electron chi connectivity index (χ3n) is 10.9. The number of rotatable bonds is 4. The Morgan fingerprint density at radius 2 is 1.00 bits per heavy atom. The van der Waals surface area contributed by atoms with Crippen LogP contribution in [-0.2, 0) is 5.41 Å². The van der Waals surface area contributed by atoms with E-state index in [2.05, 4.69) is 175 Å². The standard InChI is InChI=1S/C49H30N2S2/c1-3-11-31(12-4-1)32-19-21-33(22-20-32)42-30-43(51-48(50-42)34-13-5-2-6-14-34)35-23-24-36-41(29-35)49(40-25-26-44-37(47(36)40)27-28-52-44)38-15-7-9-17-45(38)53-46-18-10-8-16-39(46)49/h1-30H. The van der Waals surface area contributed by atoms with Crippen molar-refractivity contribution in [1.29, 1.82) is 0 Å². The topological polar surface area (TPSA) is 25.8 Å². The van der Waals surface area contributed by atoms with E-state index in [4.69, 9.17) is 9.97 Å². The highest BCUT2D eigenvalue weighted by molar-refractivity contribution is 7.99. The molecule has 0 atom stereocenters. The first-order valence-electron chi connectivity index (χ1n) is 17.9. The van der Waals surface area contributed by atoms with Crippen LogP contribution >= 0.6 is 23.1 Å². The average Bonchev–Trinajstić information content (AvgIpc) is 3.83. The Morgan fingerprint density at radius 1 is 0.415 bits per heavy atom. The summed E-state index contributed by atoms with van der Waals surface area (Å²) in [4.78, 5) is 13.1. The molecule has 0 bridgehead atoms. The lowest BCUT2D eigenvalue weighted by Gasteiger charge is -2.39. The largest absolute Gasteiger partial charge is 0.228 e. The zero-order valence-electron chi connectivity index (χ0n) is 28.5. The number of thiophene rings is 1. The Kier molecular flexibility index (Phi) is 6.91. The van der Waals surface area contributed by atoms with Crippen molar-refractivity contribution in [3.63, 3.8) is 0 Å². The summed E-state index contributed by atoms with van der Waals surface area (Å²) in [6.07, 6.45) is 0. The van der Waals surface area contributed by atoms with Crippen LogP contribution in [0.15, 0.2) is 191 Å². The van der Waals surface area contributed by atoms with Gasteiger partial charge in [0.2, 0.25) is 0 Å². The lowest BCUT2D eigenvalue weighted by molar-refractivity contribution is 0.723. The molecule has 0 amide bonds. The smallest absolute Gasteiger partial charge is 0.160 e. The summed E-state index contributed by atoms with van der Waals surface area (Å²) < 4.78 is 1.31. The minimum atomic E-state index is -0.472. The van der Waals surface area contributed by atoms with Gasteiger partial charge in [-0.05, 0) is 86.3 Å². The van der Waals surface area contributed by atoms with Crippen LogP contribution in [0.5, 0.6) is 0 Å². The van der Waals surface area contributed by atoms with Gasteiger partial charge in [-0.15, -0.1) is 11.3 Å². The summed E-state index contributed by atoms with van der Waals surface area (Å²) in [5.41, 5.74) is 14.8. The minimum Gasteiger partial charge on any atom is -0.228 e. The average molecular weight is 711 g/mol. The van der Waals surface area contributed by atoms with Crippen molar-refractivity contribution >= 4 is 33.2 Å². The van der Waals surface area contributed by atoms with Crippen molar-refractivity contribution in [3.8, 4) is 56.2 Å². The number of aromatic nitrogens is 2. The molecule has 0 saturated heterocycles. The van der Waals surface area contributed by atoms with Crippen molar-refractivity contribution in [2.45, 2.75) is 15.2 Å². The van der Waals surface area contributed by atoms with Crippen molar-refractivity contribution in [1.82, 2.24) is 9.97 Å². The van der Waals surface area contributed by atoms with E-state index in [1.54, 1.807) is 0 Å². The number of nitrogens with zero attached hydrogens (tertiary/aromatic N) is 2. The summed E-state index contributed by atoms with van der Waals surface area (Å²) in [5.74, 6) is 0.716. The van der Waals surface area contributed by atoms with E-state index in [-0.39, 0.29) is 0 Å². The second-order valence-corrected chi connectivity index (χ2v) is 15.7. The molecule has 3 heterocycles. The van der Waals surface area contributed by atoms with Gasteiger partial charge in [0.1, 0.15) is 0 Å². The molecule has 0 N–H and O–H groups in total. The molecule has 2 nitrogen and oxygen atoms in total. The van der Waals surface area contributed by atoms with Crippen molar-refractivity contribution < 1.29 is 0 Å². The fraction of sp³-hybridized carbons (Fsp3) is 0.0204. The van der Waals surface area contributed by atoms with Gasteiger partial charge >= 0.3 is 0 Å². The molecule has 0 fully saturated rings. The highest BCUT2D eigenvalue weighted by Gasteiger charge is 2.50.